The van der Waals surface area contributed by atoms with Crippen molar-refractivity contribution in [2.24, 2.45) is 0 Å². The Kier molecular flexibility index (Phi) is 5.08. The summed E-state index contributed by atoms with van der Waals surface area (Å²) in [5.74, 6) is -0.421. The number of amides is 2. The molecular weight excluding hydrogens is 388 g/mol. The Bertz CT molecular complexity index is 878. The normalized spacial score (nSPS) is 10.2. The molecule has 0 radical (unpaired) electrons. The molecule has 0 spiro atoms. The van der Waals surface area contributed by atoms with Crippen LogP contribution in [0.3, 0.4) is 0 Å². The SMILES string of the molecule is O=C(Nc1cccc(Br)c1)c1cccc(NC(=O)c2cccs2)c1. The highest BCUT2D eigenvalue weighted by atomic mass is 79.9. The highest BCUT2D eigenvalue weighted by Gasteiger charge is 2.10. The molecule has 2 aromatic carbocycles. The van der Waals surface area contributed by atoms with Crippen molar-refractivity contribution in [2.45, 2.75) is 0 Å². The second kappa shape index (κ2) is 7.42. The van der Waals surface area contributed by atoms with Crippen LogP contribution >= 0.6 is 27.3 Å². The van der Waals surface area contributed by atoms with Crippen LogP contribution in [0.25, 0.3) is 0 Å². The van der Waals surface area contributed by atoms with Crippen LogP contribution in [0.2, 0.25) is 0 Å². The molecule has 2 amide bonds. The monoisotopic (exact) mass is 400 g/mol. The van der Waals surface area contributed by atoms with Gasteiger partial charge in [-0.2, -0.15) is 0 Å². The van der Waals surface area contributed by atoms with Gasteiger partial charge in [-0.15, -0.1) is 11.3 Å². The van der Waals surface area contributed by atoms with Crippen LogP contribution in [0.5, 0.6) is 0 Å². The number of nitrogens with one attached hydrogen (secondary N) is 2. The third-order valence-corrected chi connectivity index (χ3v) is 4.57. The molecule has 0 aliphatic rings. The van der Waals surface area contributed by atoms with E-state index in [2.05, 4.69) is 26.6 Å². The van der Waals surface area contributed by atoms with Crippen molar-refractivity contribution in [1.29, 1.82) is 0 Å². The first kappa shape index (κ1) is 16.4. The maximum absolute atomic E-state index is 12.4. The van der Waals surface area contributed by atoms with E-state index >= 15 is 0 Å². The number of thiophene rings is 1. The van der Waals surface area contributed by atoms with Gasteiger partial charge in [0.15, 0.2) is 0 Å². The molecule has 0 fully saturated rings. The number of hydrogen-bond donors (Lipinski definition) is 2. The summed E-state index contributed by atoms with van der Waals surface area (Å²) in [6.45, 7) is 0. The molecule has 0 unspecified atom stereocenters. The summed E-state index contributed by atoms with van der Waals surface area (Å²) >= 11 is 4.74. The first-order valence-corrected chi connectivity index (χ1v) is 8.81. The zero-order valence-electron chi connectivity index (χ0n) is 12.5. The van der Waals surface area contributed by atoms with E-state index in [1.807, 2.05) is 35.7 Å². The summed E-state index contributed by atoms with van der Waals surface area (Å²) in [6, 6.07) is 17.8. The summed E-state index contributed by atoms with van der Waals surface area (Å²) in [6.07, 6.45) is 0. The first-order chi connectivity index (χ1) is 11.6. The second-order valence-corrected chi connectivity index (χ2v) is 6.84. The number of hydrogen-bond acceptors (Lipinski definition) is 3. The van der Waals surface area contributed by atoms with Crippen molar-refractivity contribution in [2.75, 3.05) is 10.6 Å². The van der Waals surface area contributed by atoms with Gasteiger partial charge in [0.2, 0.25) is 0 Å². The molecule has 3 rings (SSSR count). The summed E-state index contributed by atoms with van der Waals surface area (Å²) in [5.41, 5.74) is 1.75. The molecule has 0 aliphatic heterocycles. The zero-order valence-corrected chi connectivity index (χ0v) is 14.9. The third kappa shape index (κ3) is 4.10. The predicted molar refractivity (Wildman–Crippen MR) is 101 cm³/mol. The van der Waals surface area contributed by atoms with E-state index in [-0.39, 0.29) is 11.8 Å². The fourth-order valence-electron chi connectivity index (χ4n) is 2.11. The minimum Gasteiger partial charge on any atom is -0.322 e. The lowest BCUT2D eigenvalue weighted by Gasteiger charge is -2.08. The van der Waals surface area contributed by atoms with Gasteiger partial charge in [-0.3, -0.25) is 9.59 Å². The first-order valence-electron chi connectivity index (χ1n) is 7.14. The molecule has 24 heavy (non-hydrogen) atoms. The maximum Gasteiger partial charge on any atom is 0.265 e. The molecule has 0 atom stereocenters. The van der Waals surface area contributed by atoms with Gasteiger partial charge in [-0.25, -0.2) is 0 Å². The van der Waals surface area contributed by atoms with Crippen molar-refractivity contribution in [3.8, 4) is 0 Å². The Hall–Kier alpha value is -2.44. The molecule has 0 bridgehead atoms. The van der Waals surface area contributed by atoms with Gasteiger partial charge in [0.05, 0.1) is 4.88 Å². The van der Waals surface area contributed by atoms with E-state index in [0.717, 1.165) is 4.47 Å². The summed E-state index contributed by atoms with van der Waals surface area (Å²) in [7, 11) is 0. The van der Waals surface area contributed by atoms with E-state index in [9.17, 15) is 9.59 Å². The lowest BCUT2D eigenvalue weighted by Crippen LogP contribution is -2.14. The van der Waals surface area contributed by atoms with Gasteiger partial charge in [-0.05, 0) is 47.8 Å². The molecule has 3 aromatic rings. The molecule has 2 N–H and O–H groups in total. The minimum atomic E-state index is -0.236. The smallest absolute Gasteiger partial charge is 0.265 e. The average molecular weight is 401 g/mol. The standard InChI is InChI=1S/C18H13BrN2O2S/c19-13-5-2-7-15(11-13)20-17(22)12-4-1-6-14(10-12)21-18(23)16-8-3-9-24-16/h1-11H,(H,20,22)(H,21,23). The Morgan fingerprint density at radius 2 is 1.54 bits per heavy atom. The maximum atomic E-state index is 12.4. The number of carbonyl (C=O) groups excluding carboxylic acids is 2. The van der Waals surface area contributed by atoms with Crippen LogP contribution in [0.15, 0.2) is 70.5 Å². The molecular formula is C18H13BrN2O2S. The fraction of sp³-hybridized carbons (Fsp3) is 0. The Balaban J connectivity index is 1.72. The molecule has 6 heteroatoms. The van der Waals surface area contributed by atoms with Crippen LogP contribution in [0.1, 0.15) is 20.0 Å². The number of anilines is 2. The second-order valence-electron chi connectivity index (χ2n) is 4.98. The zero-order chi connectivity index (χ0) is 16.9. The van der Waals surface area contributed by atoms with E-state index in [1.54, 1.807) is 30.3 Å². The number of rotatable bonds is 4. The minimum absolute atomic E-state index is 0.186. The van der Waals surface area contributed by atoms with Crippen molar-refractivity contribution < 1.29 is 9.59 Å². The van der Waals surface area contributed by atoms with Gasteiger partial charge in [0.1, 0.15) is 0 Å². The quantitative estimate of drug-likeness (QED) is 0.645. The summed E-state index contributed by atoms with van der Waals surface area (Å²) in [4.78, 5) is 25.1. The number of benzene rings is 2. The van der Waals surface area contributed by atoms with Crippen LogP contribution < -0.4 is 10.6 Å². The van der Waals surface area contributed by atoms with E-state index < -0.39 is 0 Å². The molecule has 0 saturated carbocycles. The van der Waals surface area contributed by atoms with E-state index in [0.29, 0.717) is 21.8 Å². The predicted octanol–water partition coefficient (Wildman–Crippen LogP) is 5.02. The van der Waals surface area contributed by atoms with Crippen LogP contribution in [-0.2, 0) is 0 Å². The Labute approximate surface area is 151 Å². The molecule has 4 nitrogen and oxygen atoms in total. The van der Waals surface area contributed by atoms with Crippen LogP contribution in [0, 0.1) is 0 Å². The van der Waals surface area contributed by atoms with E-state index in [1.165, 1.54) is 11.3 Å². The summed E-state index contributed by atoms with van der Waals surface area (Å²) < 4.78 is 0.886. The van der Waals surface area contributed by atoms with Crippen molar-refractivity contribution >= 4 is 50.5 Å². The number of halogens is 1. The van der Waals surface area contributed by atoms with Crippen molar-refractivity contribution in [3.05, 3.63) is 81.0 Å². The largest absolute Gasteiger partial charge is 0.322 e. The molecule has 0 aliphatic carbocycles. The number of carbonyl (C=O) groups is 2. The van der Waals surface area contributed by atoms with Crippen LogP contribution in [-0.4, -0.2) is 11.8 Å². The third-order valence-electron chi connectivity index (χ3n) is 3.21. The van der Waals surface area contributed by atoms with E-state index in [4.69, 9.17) is 0 Å². The highest BCUT2D eigenvalue weighted by Crippen LogP contribution is 2.18. The molecule has 1 aromatic heterocycles. The Morgan fingerprint density at radius 1 is 0.833 bits per heavy atom. The van der Waals surface area contributed by atoms with Gasteiger partial charge in [-0.1, -0.05) is 34.1 Å². The lowest BCUT2D eigenvalue weighted by molar-refractivity contribution is 0.101. The lowest BCUT2D eigenvalue weighted by atomic mass is 10.1. The van der Waals surface area contributed by atoms with Gasteiger partial charge < -0.3 is 10.6 Å². The fourth-order valence-corrected chi connectivity index (χ4v) is 3.13. The van der Waals surface area contributed by atoms with Crippen LogP contribution in [0.4, 0.5) is 11.4 Å². The highest BCUT2D eigenvalue weighted by molar-refractivity contribution is 9.10. The van der Waals surface area contributed by atoms with Gasteiger partial charge >= 0.3 is 0 Å². The average Bonchev–Trinajstić information content (AvgIpc) is 3.10. The summed E-state index contributed by atoms with van der Waals surface area (Å²) in [5, 5.41) is 7.47. The molecule has 120 valence electrons. The van der Waals surface area contributed by atoms with Crippen molar-refractivity contribution in [3.63, 3.8) is 0 Å². The molecule has 1 heterocycles. The Morgan fingerprint density at radius 3 is 2.25 bits per heavy atom. The van der Waals surface area contributed by atoms with Gasteiger partial charge in [0.25, 0.3) is 11.8 Å². The topological polar surface area (TPSA) is 58.2 Å². The van der Waals surface area contributed by atoms with Crippen molar-refractivity contribution in [1.82, 2.24) is 0 Å². The molecule has 0 saturated heterocycles. The van der Waals surface area contributed by atoms with Gasteiger partial charge in [0, 0.05) is 21.4 Å².